The third-order valence-electron chi connectivity index (χ3n) is 3.08. The molecule has 4 heteroatoms. The number of hydrogen-bond acceptors (Lipinski definition) is 2. The van der Waals surface area contributed by atoms with Gasteiger partial charge in [0.15, 0.2) is 0 Å². The largest absolute Gasteiger partial charge is 0.493 e. The van der Waals surface area contributed by atoms with Gasteiger partial charge < -0.3 is 10.1 Å². The minimum absolute atomic E-state index is 0.133. The molecule has 1 atom stereocenters. The average Bonchev–Trinajstić information content (AvgIpc) is 2.35. The number of rotatable bonds is 4. The summed E-state index contributed by atoms with van der Waals surface area (Å²) in [5, 5.41) is 3.50. The first kappa shape index (κ1) is 12.7. The maximum Gasteiger partial charge on any atom is 0.145 e. The molecule has 1 aliphatic rings. The molecule has 0 bridgehead atoms. The van der Waals surface area contributed by atoms with Crippen molar-refractivity contribution in [2.24, 2.45) is 5.92 Å². The molecule has 1 saturated heterocycles. The van der Waals surface area contributed by atoms with E-state index in [2.05, 4.69) is 5.32 Å². The predicted octanol–water partition coefficient (Wildman–Crippen LogP) is 3.25. The van der Waals surface area contributed by atoms with E-state index in [1.165, 1.54) is 25.0 Å². The molecule has 1 unspecified atom stereocenters. The smallest absolute Gasteiger partial charge is 0.145 e. The second-order valence-electron chi connectivity index (χ2n) is 4.43. The van der Waals surface area contributed by atoms with Crippen molar-refractivity contribution in [2.75, 3.05) is 19.7 Å². The topological polar surface area (TPSA) is 21.3 Å². The molecular formula is C13H17ClFNO. The molecule has 1 aromatic rings. The number of benzene rings is 1. The summed E-state index contributed by atoms with van der Waals surface area (Å²) in [4.78, 5) is 0. The monoisotopic (exact) mass is 257 g/mol. The van der Waals surface area contributed by atoms with Gasteiger partial charge in [0.2, 0.25) is 0 Å². The summed E-state index contributed by atoms with van der Waals surface area (Å²) in [5.74, 6) is 0.806. The van der Waals surface area contributed by atoms with E-state index in [-0.39, 0.29) is 5.02 Å². The van der Waals surface area contributed by atoms with Gasteiger partial charge in [-0.1, -0.05) is 11.6 Å². The molecule has 0 saturated carbocycles. The molecule has 0 amide bonds. The predicted molar refractivity (Wildman–Crippen MR) is 67.1 cm³/mol. The first-order valence-corrected chi connectivity index (χ1v) is 6.42. The van der Waals surface area contributed by atoms with Crippen LogP contribution in [0.4, 0.5) is 4.39 Å². The number of nitrogens with one attached hydrogen (secondary N) is 1. The number of piperidine rings is 1. The Balaban J connectivity index is 1.75. The summed E-state index contributed by atoms with van der Waals surface area (Å²) in [5.41, 5.74) is 0. The summed E-state index contributed by atoms with van der Waals surface area (Å²) in [6, 6.07) is 4.56. The van der Waals surface area contributed by atoms with Gasteiger partial charge in [0.05, 0.1) is 11.6 Å². The highest BCUT2D eigenvalue weighted by Crippen LogP contribution is 2.21. The minimum atomic E-state index is -0.427. The van der Waals surface area contributed by atoms with E-state index >= 15 is 0 Å². The van der Waals surface area contributed by atoms with Crippen LogP contribution in [0.2, 0.25) is 5.02 Å². The first-order chi connectivity index (χ1) is 8.25. The third kappa shape index (κ3) is 3.86. The van der Waals surface area contributed by atoms with Gasteiger partial charge in [0, 0.05) is 6.07 Å². The average molecular weight is 258 g/mol. The molecule has 1 fully saturated rings. The molecule has 94 valence electrons. The SMILES string of the molecule is Fc1cc(OCCC2CCCNC2)ccc1Cl. The number of halogens is 2. The Kier molecular flexibility index (Phi) is 4.63. The molecule has 0 aromatic heterocycles. The van der Waals surface area contributed by atoms with Crippen molar-refractivity contribution < 1.29 is 9.13 Å². The number of hydrogen-bond donors (Lipinski definition) is 1. The lowest BCUT2D eigenvalue weighted by molar-refractivity contribution is 0.253. The lowest BCUT2D eigenvalue weighted by Gasteiger charge is -2.22. The van der Waals surface area contributed by atoms with Gasteiger partial charge in [0.25, 0.3) is 0 Å². The second-order valence-corrected chi connectivity index (χ2v) is 4.83. The van der Waals surface area contributed by atoms with Crippen LogP contribution in [0.15, 0.2) is 18.2 Å². The summed E-state index contributed by atoms with van der Waals surface area (Å²) in [6.07, 6.45) is 3.50. The summed E-state index contributed by atoms with van der Waals surface area (Å²) in [7, 11) is 0. The summed E-state index contributed by atoms with van der Waals surface area (Å²) in [6.45, 7) is 2.82. The van der Waals surface area contributed by atoms with Crippen LogP contribution in [0.1, 0.15) is 19.3 Å². The van der Waals surface area contributed by atoms with Gasteiger partial charge >= 0.3 is 0 Å². The zero-order valence-corrected chi connectivity index (χ0v) is 10.5. The highest BCUT2D eigenvalue weighted by Gasteiger charge is 2.12. The van der Waals surface area contributed by atoms with Crippen molar-refractivity contribution >= 4 is 11.6 Å². The lowest BCUT2D eigenvalue weighted by atomic mass is 9.97. The fraction of sp³-hybridized carbons (Fsp3) is 0.538. The van der Waals surface area contributed by atoms with E-state index in [1.807, 2.05) is 0 Å². The Hall–Kier alpha value is -0.800. The Bertz CT molecular complexity index is 366. The van der Waals surface area contributed by atoms with Gasteiger partial charge in [-0.25, -0.2) is 4.39 Å². The van der Waals surface area contributed by atoms with E-state index in [1.54, 1.807) is 6.07 Å². The van der Waals surface area contributed by atoms with Crippen LogP contribution >= 0.6 is 11.6 Å². The molecule has 0 aliphatic carbocycles. The van der Waals surface area contributed by atoms with Crippen molar-refractivity contribution in [1.29, 1.82) is 0 Å². The van der Waals surface area contributed by atoms with E-state index in [0.717, 1.165) is 19.5 Å². The van der Waals surface area contributed by atoms with E-state index in [9.17, 15) is 4.39 Å². The van der Waals surface area contributed by atoms with Gasteiger partial charge in [-0.2, -0.15) is 0 Å². The Labute approximate surface area is 106 Å². The van der Waals surface area contributed by atoms with E-state index in [4.69, 9.17) is 16.3 Å². The second kappa shape index (κ2) is 6.22. The number of ether oxygens (including phenoxy) is 1. The molecule has 2 rings (SSSR count). The van der Waals surface area contributed by atoms with Crippen molar-refractivity contribution in [2.45, 2.75) is 19.3 Å². The fourth-order valence-corrected chi connectivity index (χ4v) is 2.20. The van der Waals surface area contributed by atoms with Crippen LogP contribution in [-0.2, 0) is 0 Å². The standard InChI is InChI=1S/C13H17ClFNO/c14-12-4-3-11(8-13(12)15)17-7-5-10-2-1-6-16-9-10/h3-4,8,10,16H,1-2,5-7,9H2. The molecule has 0 spiro atoms. The van der Waals surface area contributed by atoms with Gasteiger partial charge in [0.1, 0.15) is 11.6 Å². The van der Waals surface area contributed by atoms with Crippen LogP contribution in [-0.4, -0.2) is 19.7 Å². The van der Waals surface area contributed by atoms with Crippen molar-refractivity contribution in [3.05, 3.63) is 29.0 Å². The molecule has 17 heavy (non-hydrogen) atoms. The summed E-state index contributed by atoms with van der Waals surface area (Å²) >= 11 is 5.60. The van der Waals surface area contributed by atoms with Crippen molar-refractivity contribution in [3.8, 4) is 5.75 Å². The van der Waals surface area contributed by atoms with Crippen LogP contribution in [0.25, 0.3) is 0 Å². The van der Waals surface area contributed by atoms with Gasteiger partial charge in [-0.3, -0.25) is 0 Å². The molecular weight excluding hydrogens is 241 g/mol. The van der Waals surface area contributed by atoms with E-state index in [0.29, 0.717) is 18.3 Å². The van der Waals surface area contributed by atoms with Crippen molar-refractivity contribution in [1.82, 2.24) is 5.32 Å². The van der Waals surface area contributed by atoms with E-state index < -0.39 is 5.82 Å². The molecule has 0 radical (unpaired) electrons. The zero-order chi connectivity index (χ0) is 12.1. The normalized spacial score (nSPS) is 20.2. The maximum absolute atomic E-state index is 13.1. The minimum Gasteiger partial charge on any atom is -0.493 e. The molecule has 1 heterocycles. The Morgan fingerprint density at radius 1 is 1.47 bits per heavy atom. The van der Waals surface area contributed by atoms with Crippen LogP contribution in [0, 0.1) is 11.7 Å². The maximum atomic E-state index is 13.1. The first-order valence-electron chi connectivity index (χ1n) is 6.04. The van der Waals surface area contributed by atoms with Crippen molar-refractivity contribution in [3.63, 3.8) is 0 Å². The fourth-order valence-electron chi connectivity index (χ4n) is 2.08. The molecule has 1 aromatic carbocycles. The Morgan fingerprint density at radius 3 is 3.06 bits per heavy atom. The Morgan fingerprint density at radius 2 is 2.35 bits per heavy atom. The molecule has 1 aliphatic heterocycles. The van der Waals surface area contributed by atoms with Gasteiger partial charge in [-0.05, 0) is 50.4 Å². The third-order valence-corrected chi connectivity index (χ3v) is 3.39. The van der Waals surface area contributed by atoms with Gasteiger partial charge in [-0.15, -0.1) is 0 Å². The van der Waals surface area contributed by atoms with Crippen LogP contribution in [0.3, 0.4) is 0 Å². The molecule has 2 nitrogen and oxygen atoms in total. The van der Waals surface area contributed by atoms with Crippen LogP contribution in [0.5, 0.6) is 5.75 Å². The van der Waals surface area contributed by atoms with Crippen LogP contribution < -0.4 is 10.1 Å². The highest BCUT2D eigenvalue weighted by molar-refractivity contribution is 6.30. The zero-order valence-electron chi connectivity index (χ0n) is 9.72. The lowest BCUT2D eigenvalue weighted by Crippen LogP contribution is -2.30. The highest BCUT2D eigenvalue weighted by atomic mass is 35.5. The molecule has 1 N–H and O–H groups in total. The quantitative estimate of drug-likeness (QED) is 0.894. The summed E-state index contributed by atoms with van der Waals surface area (Å²) < 4.78 is 18.7.